The molecule has 12 heteroatoms. The summed E-state index contributed by atoms with van der Waals surface area (Å²) < 4.78 is 39.8. The van der Waals surface area contributed by atoms with Gasteiger partial charge in [-0.1, -0.05) is 12.1 Å². The SMILES string of the molecule is COC(=O)c1ccc(C(=O)OC)c(S(=O)(=O)Nc2cccc(-c3nnnn3C3CC3)c2)c1. The first-order chi connectivity index (χ1) is 15.3. The Labute approximate surface area is 183 Å². The summed E-state index contributed by atoms with van der Waals surface area (Å²) in [4.78, 5) is 23.6. The first-order valence-electron chi connectivity index (χ1n) is 9.56. The lowest BCUT2D eigenvalue weighted by molar-refractivity contribution is 0.0583. The van der Waals surface area contributed by atoms with Crippen LogP contribution in [0.4, 0.5) is 5.69 Å². The van der Waals surface area contributed by atoms with Gasteiger partial charge in [-0.25, -0.2) is 22.7 Å². The van der Waals surface area contributed by atoms with Crippen LogP contribution < -0.4 is 4.72 Å². The summed E-state index contributed by atoms with van der Waals surface area (Å²) in [7, 11) is -1.98. The predicted octanol–water partition coefficient (Wildman–Crippen LogP) is 2.05. The zero-order chi connectivity index (χ0) is 22.9. The van der Waals surface area contributed by atoms with Gasteiger partial charge < -0.3 is 9.47 Å². The normalized spacial score (nSPS) is 13.4. The van der Waals surface area contributed by atoms with Crippen LogP contribution in [0.2, 0.25) is 0 Å². The molecule has 0 saturated heterocycles. The number of aromatic nitrogens is 4. The number of rotatable bonds is 7. The number of hydrogen-bond acceptors (Lipinski definition) is 9. The van der Waals surface area contributed by atoms with E-state index in [1.807, 2.05) is 0 Å². The van der Waals surface area contributed by atoms with Gasteiger partial charge in [-0.05, 0) is 53.6 Å². The van der Waals surface area contributed by atoms with Crippen LogP contribution in [0.15, 0.2) is 47.4 Å². The van der Waals surface area contributed by atoms with Crippen molar-refractivity contribution in [3.05, 3.63) is 53.6 Å². The van der Waals surface area contributed by atoms with Gasteiger partial charge >= 0.3 is 11.9 Å². The van der Waals surface area contributed by atoms with Crippen molar-refractivity contribution in [2.75, 3.05) is 18.9 Å². The number of carbonyl (C=O) groups excluding carboxylic acids is 2. The summed E-state index contributed by atoms with van der Waals surface area (Å²) in [6.07, 6.45) is 1.97. The third kappa shape index (κ3) is 4.17. The Morgan fingerprint density at radius 3 is 2.50 bits per heavy atom. The molecular weight excluding hydrogens is 438 g/mol. The molecule has 4 rings (SSSR count). The largest absolute Gasteiger partial charge is 0.465 e. The average Bonchev–Trinajstić information content (AvgIpc) is 3.53. The first-order valence-corrected chi connectivity index (χ1v) is 11.0. The first kappa shape index (κ1) is 21.4. The van der Waals surface area contributed by atoms with Gasteiger partial charge in [-0.3, -0.25) is 4.72 Å². The molecule has 0 bridgehead atoms. The van der Waals surface area contributed by atoms with Crippen LogP contribution in [0.1, 0.15) is 39.6 Å². The molecule has 0 spiro atoms. The van der Waals surface area contributed by atoms with Crippen LogP contribution in [0, 0.1) is 0 Å². The zero-order valence-electron chi connectivity index (χ0n) is 17.2. The quantitative estimate of drug-likeness (QED) is 0.527. The van der Waals surface area contributed by atoms with E-state index < -0.39 is 26.9 Å². The number of benzene rings is 2. The minimum absolute atomic E-state index is 0.0297. The van der Waals surface area contributed by atoms with E-state index in [0.29, 0.717) is 11.4 Å². The second-order valence-corrected chi connectivity index (χ2v) is 8.71. The van der Waals surface area contributed by atoms with Crippen LogP contribution in [0.25, 0.3) is 11.4 Å². The van der Waals surface area contributed by atoms with E-state index in [0.717, 1.165) is 26.0 Å². The second-order valence-electron chi connectivity index (χ2n) is 7.06. The van der Waals surface area contributed by atoms with Crippen molar-refractivity contribution in [3.63, 3.8) is 0 Å². The van der Waals surface area contributed by atoms with E-state index in [2.05, 4.69) is 29.7 Å². The van der Waals surface area contributed by atoms with Gasteiger partial charge in [0.25, 0.3) is 10.0 Å². The molecule has 32 heavy (non-hydrogen) atoms. The topological polar surface area (TPSA) is 142 Å². The summed E-state index contributed by atoms with van der Waals surface area (Å²) in [6, 6.07) is 10.4. The highest BCUT2D eigenvalue weighted by Gasteiger charge is 2.29. The van der Waals surface area contributed by atoms with Crippen molar-refractivity contribution in [1.29, 1.82) is 0 Å². The summed E-state index contributed by atoms with van der Waals surface area (Å²) in [5, 5.41) is 11.8. The van der Waals surface area contributed by atoms with Crippen LogP contribution >= 0.6 is 0 Å². The molecule has 0 atom stereocenters. The van der Waals surface area contributed by atoms with Crippen LogP contribution in [-0.4, -0.2) is 54.8 Å². The van der Waals surface area contributed by atoms with Gasteiger partial charge in [0.15, 0.2) is 5.82 Å². The smallest absolute Gasteiger partial charge is 0.339 e. The number of nitrogens with one attached hydrogen (secondary N) is 1. The summed E-state index contributed by atoms with van der Waals surface area (Å²) >= 11 is 0. The lowest BCUT2D eigenvalue weighted by Gasteiger charge is -2.13. The third-order valence-electron chi connectivity index (χ3n) is 4.86. The fourth-order valence-electron chi connectivity index (χ4n) is 3.15. The highest BCUT2D eigenvalue weighted by atomic mass is 32.2. The Bertz CT molecular complexity index is 1300. The van der Waals surface area contributed by atoms with Crippen molar-refractivity contribution in [1.82, 2.24) is 20.2 Å². The molecule has 1 heterocycles. The van der Waals surface area contributed by atoms with Crippen LogP contribution in [0.3, 0.4) is 0 Å². The van der Waals surface area contributed by atoms with E-state index in [1.165, 1.54) is 19.2 Å². The maximum absolute atomic E-state index is 13.2. The Balaban J connectivity index is 1.71. The molecule has 1 N–H and O–H groups in total. The highest BCUT2D eigenvalue weighted by molar-refractivity contribution is 7.92. The molecule has 1 aliphatic rings. The predicted molar refractivity (Wildman–Crippen MR) is 111 cm³/mol. The molecule has 2 aromatic carbocycles. The molecule has 0 unspecified atom stereocenters. The number of ether oxygens (including phenoxy) is 2. The van der Waals surface area contributed by atoms with E-state index in [9.17, 15) is 18.0 Å². The van der Waals surface area contributed by atoms with Crippen molar-refractivity contribution >= 4 is 27.6 Å². The molecule has 11 nitrogen and oxygen atoms in total. The third-order valence-corrected chi connectivity index (χ3v) is 6.28. The number of nitrogens with zero attached hydrogens (tertiary/aromatic N) is 4. The molecule has 0 aliphatic heterocycles. The lowest BCUT2D eigenvalue weighted by atomic mass is 10.1. The van der Waals surface area contributed by atoms with Gasteiger partial charge in [-0.15, -0.1) is 5.10 Å². The molecule has 3 aromatic rings. The number of tetrazole rings is 1. The minimum Gasteiger partial charge on any atom is -0.465 e. The lowest BCUT2D eigenvalue weighted by Crippen LogP contribution is -2.19. The van der Waals surface area contributed by atoms with Gasteiger partial charge in [-0.2, -0.15) is 0 Å². The summed E-state index contributed by atoms with van der Waals surface area (Å²) in [5.74, 6) is -1.08. The van der Waals surface area contributed by atoms with Gasteiger partial charge in [0.05, 0.1) is 31.4 Å². The monoisotopic (exact) mass is 457 g/mol. The molecule has 166 valence electrons. The second kappa shape index (κ2) is 8.38. The van der Waals surface area contributed by atoms with Crippen molar-refractivity contribution in [2.24, 2.45) is 0 Å². The Hall–Kier alpha value is -3.80. The van der Waals surface area contributed by atoms with Gasteiger partial charge in [0, 0.05) is 11.3 Å². The maximum Gasteiger partial charge on any atom is 0.339 e. The fraction of sp³-hybridized carbons (Fsp3) is 0.250. The Morgan fingerprint density at radius 1 is 1.06 bits per heavy atom. The Kier molecular flexibility index (Phi) is 5.61. The molecule has 1 fully saturated rings. The van der Waals surface area contributed by atoms with Crippen molar-refractivity contribution < 1.29 is 27.5 Å². The number of esters is 2. The molecule has 0 radical (unpaired) electrons. The molecule has 1 aliphatic carbocycles. The maximum atomic E-state index is 13.2. The van der Waals surface area contributed by atoms with Gasteiger partial charge in [0.2, 0.25) is 0 Å². The number of carbonyl (C=O) groups is 2. The summed E-state index contributed by atoms with van der Waals surface area (Å²) in [6.45, 7) is 0. The van der Waals surface area contributed by atoms with Crippen LogP contribution in [-0.2, 0) is 19.5 Å². The minimum atomic E-state index is -4.28. The Morgan fingerprint density at radius 2 is 1.81 bits per heavy atom. The molecule has 1 saturated carbocycles. The standard InChI is InChI=1S/C20H19N5O6S/c1-30-19(26)13-6-9-16(20(27)31-2)17(11-13)32(28,29)22-14-5-3-4-12(10-14)18-21-23-24-25(18)15-7-8-15/h3-6,9-11,15,22H,7-8H2,1-2H3. The number of hydrogen-bond donors (Lipinski definition) is 1. The van der Waals surface area contributed by atoms with E-state index >= 15 is 0 Å². The number of methoxy groups -OCH3 is 2. The average molecular weight is 457 g/mol. The van der Waals surface area contributed by atoms with Gasteiger partial charge in [0.1, 0.15) is 4.90 Å². The molecule has 1 aromatic heterocycles. The van der Waals surface area contributed by atoms with E-state index in [1.54, 1.807) is 28.9 Å². The number of anilines is 1. The fourth-order valence-corrected chi connectivity index (χ4v) is 4.42. The van der Waals surface area contributed by atoms with Crippen molar-refractivity contribution in [3.8, 4) is 11.4 Å². The number of sulfonamides is 1. The van der Waals surface area contributed by atoms with Crippen LogP contribution in [0.5, 0.6) is 0 Å². The van der Waals surface area contributed by atoms with E-state index in [-0.39, 0.29) is 22.9 Å². The summed E-state index contributed by atoms with van der Waals surface area (Å²) in [5.41, 5.74) is 0.602. The highest BCUT2D eigenvalue weighted by Crippen LogP contribution is 2.37. The zero-order valence-corrected chi connectivity index (χ0v) is 18.0. The van der Waals surface area contributed by atoms with E-state index in [4.69, 9.17) is 0 Å². The van der Waals surface area contributed by atoms with Crippen molar-refractivity contribution in [2.45, 2.75) is 23.8 Å². The molecule has 0 amide bonds. The molecular formula is C20H19N5O6S.